The lowest BCUT2D eigenvalue weighted by Crippen LogP contribution is -2.06. The van der Waals surface area contributed by atoms with Crippen molar-refractivity contribution in [3.63, 3.8) is 0 Å². The maximum atomic E-state index is 11.3. The molecule has 1 rings (SSSR count). The van der Waals surface area contributed by atoms with Crippen LogP contribution in [0.2, 0.25) is 0 Å². The Morgan fingerprint density at radius 3 is 2.82 bits per heavy atom. The van der Waals surface area contributed by atoms with Gasteiger partial charge in [0.15, 0.2) is 0 Å². The molecule has 4 heteroatoms. The fourth-order valence-electron chi connectivity index (χ4n) is 1.30. The Balaban J connectivity index is 2.56. The number of hydrogen-bond acceptors (Lipinski definition) is 3. The van der Waals surface area contributed by atoms with Gasteiger partial charge in [0.2, 0.25) is 0 Å². The van der Waals surface area contributed by atoms with Crippen molar-refractivity contribution in [2.24, 2.45) is 0 Å². The van der Waals surface area contributed by atoms with Gasteiger partial charge in [0, 0.05) is 9.14 Å². The van der Waals surface area contributed by atoms with Crippen LogP contribution in [0.5, 0.6) is 5.75 Å². The van der Waals surface area contributed by atoms with Gasteiger partial charge in [0.25, 0.3) is 0 Å². The van der Waals surface area contributed by atoms with E-state index < -0.39 is 0 Å². The van der Waals surface area contributed by atoms with Crippen LogP contribution >= 0.6 is 22.6 Å². The van der Waals surface area contributed by atoms with Crippen molar-refractivity contribution >= 4 is 28.6 Å². The second-order valence-electron chi connectivity index (χ2n) is 3.34. The van der Waals surface area contributed by atoms with Crippen LogP contribution in [0.4, 0.5) is 0 Å². The minimum absolute atomic E-state index is 0.293. The summed E-state index contributed by atoms with van der Waals surface area (Å²) in [5.41, 5.74) is 0.637. The molecule has 0 heterocycles. The van der Waals surface area contributed by atoms with Crippen molar-refractivity contribution in [1.29, 1.82) is 0 Å². The standard InChI is InChI=1S/C13H15IO3/c1-3-10(13(15)16-2)7-8-17-12-6-4-5-11(14)9-12/h4-7,9H,3,8H2,1-2H3. The molecule has 1 aromatic rings. The Kier molecular flexibility index (Phi) is 6.04. The summed E-state index contributed by atoms with van der Waals surface area (Å²) in [6, 6.07) is 7.76. The van der Waals surface area contributed by atoms with Gasteiger partial charge in [-0.25, -0.2) is 4.79 Å². The molecule has 0 bridgehead atoms. The summed E-state index contributed by atoms with van der Waals surface area (Å²) >= 11 is 2.23. The molecule has 0 fully saturated rings. The molecule has 0 aromatic heterocycles. The first kappa shape index (κ1) is 14.0. The zero-order valence-electron chi connectivity index (χ0n) is 9.90. The third-order valence-electron chi connectivity index (χ3n) is 2.20. The number of carbonyl (C=O) groups is 1. The molecule has 0 saturated heterocycles. The van der Waals surface area contributed by atoms with E-state index in [4.69, 9.17) is 4.74 Å². The quantitative estimate of drug-likeness (QED) is 0.467. The van der Waals surface area contributed by atoms with Gasteiger partial charge in [-0.15, -0.1) is 0 Å². The Morgan fingerprint density at radius 2 is 2.24 bits per heavy atom. The molecule has 0 atom stereocenters. The fraction of sp³-hybridized carbons (Fsp3) is 0.308. The minimum Gasteiger partial charge on any atom is -0.489 e. The van der Waals surface area contributed by atoms with Crippen LogP contribution in [-0.4, -0.2) is 19.7 Å². The largest absolute Gasteiger partial charge is 0.489 e. The first-order chi connectivity index (χ1) is 8.17. The average molecular weight is 346 g/mol. The van der Waals surface area contributed by atoms with Gasteiger partial charge in [0.05, 0.1) is 7.11 Å². The van der Waals surface area contributed by atoms with E-state index in [1.165, 1.54) is 7.11 Å². The Hall–Kier alpha value is -1.04. The maximum Gasteiger partial charge on any atom is 0.333 e. The SMILES string of the molecule is CCC(=CCOc1cccc(I)c1)C(=O)OC. The highest BCUT2D eigenvalue weighted by atomic mass is 127. The predicted molar refractivity (Wildman–Crippen MR) is 75.0 cm³/mol. The highest BCUT2D eigenvalue weighted by Gasteiger charge is 2.05. The van der Waals surface area contributed by atoms with Crippen molar-refractivity contribution in [3.8, 4) is 5.75 Å². The van der Waals surface area contributed by atoms with Crippen LogP contribution in [-0.2, 0) is 9.53 Å². The zero-order chi connectivity index (χ0) is 12.7. The first-order valence-corrected chi connectivity index (χ1v) is 6.41. The van der Waals surface area contributed by atoms with Crippen LogP contribution in [0.15, 0.2) is 35.9 Å². The summed E-state index contributed by atoms with van der Waals surface area (Å²) in [6.45, 7) is 2.28. The Morgan fingerprint density at radius 1 is 1.47 bits per heavy atom. The van der Waals surface area contributed by atoms with E-state index in [9.17, 15) is 4.79 Å². The Labute approximate surface area is 115 Å². The van der Waals surface area contributed by atoms with E-state index in [-0.39, 0.29) is 5.97 Å². The highest BCUT2D eigenvalue weighted by molar-refractivity contribution is 14.1. The molecule has 0 saturated carbocycles. The molecule has 0 unspecified atom stereocenters. The van der Waals surface area contributed by atoms with Crippen molar-refractivity contribution in [3.05, 3.63) is 39.5 Å². The summed E-state index contributed by atoms with van der Waals surface area (Å²) in [5, 5.41) is 0. The molecule has 17 heavy (non-hydrogen) atoms. The lowest BCUT2D eigenvalue weighted by atomic mass is 10.2. The number of rotatable bonds is 5. The first-order valence-electron chi connectivity index (χ1n) is 5.33. The molecule has 0 spiro atoms. The summed E-state index contributed by atoms with van der Waals surface area (Å²) in [5.74, 6) is 0.507. The third-order valence-corrected chi connectivity index (χ3v) is 2.88. The normalized spacial score (nSPS) is 11.1. The van der Waals surface area contributed by atoms with Crippen molar-refractivity contribution in [2.45, 2.75) is 13.3 Å². The van der Waals surface area contributed by atoms with Gasteiger partial charge < -0.3 is 9.47 Å². The van der Waals surface area contributed by atoms with E-state index in [0.29, 0.717) is 18.6 Å². The van der Waals surface area contributed by atoms with Crippen LogP contribution in [0, 0.1) is 3.57 Å². The van der Waals surface area contributed by atoms with Crippen LogP contribution in [0.3, 0.4) is 0 Å². The Bertz CT molecular complexity index is 413. The number of carbonyl (C=O) groups excluding carboxylic acids is 1. The molecule has 1 aromatic carbocycles. The van der Waals surface area contributed by atoms with E-state index in [2.05, 4.69) is 27.3 Å². The van der Waals surface area contributed by atoms with Gasteiger partial charge in [0.1, 0.15) is 12.4 Å². The highest BCUT2D eigenvalue weighted by Crippen LogP contribution is 2.15. The molecule has 0 aliphatic carbocycles. The maximum absolute atomic E-state index is 11.3. The number of esters is 1. The van der Waals surface area contributed by atoms with Gasteiger partial charge >= 0.3 is 5.97 Å². The number of hydrogen-bond donors (Lipinski definition) is 0. The lowest BCUT2D eigenvalue weighted by Gasteiger charge is -2.05. The van der Waals surface area contributed by atoms with Crippen molar-refractivity contribution < 1.29 is 14.3 Å². The molecular formula is C13H15IO3. The minimum atomic E-state index is -0.293. The molecule has 0 radical (unpaired) electrons. The van der Waals surface area contributed by atoms with Gasteiger partial charge in [-0.3, -0.25) is 0 Å². The van der Waals surface area contributed by atoms with E-state index in [1.807, 2.05) is 31.2 Å². The molecule has 0 N–H and O–H groups in total. The average Bonchev–Trinajstić information content (AvgIpc) is 2.34. The number of methoxy groups -OCH3 is 1. The molecule has 0 aliphatic heterocycles. The molecule has 0 amide bonds. The summed E-state index contributed by atoms with van der Waals surface area (Å²) in [4.78, 5) is 11.3. The summed E-state index contributed by atoms with van der Waals surface area (Å²) < 4.78 is 11.3. The van der Waals surface area contributed by atoms with Crippen LogP contribution < -0.4 is 4.74 Å². The zero-order valence-corrected chi connectivity index (χ0v) is 12.1. The summed E-state index contributed by atoms with van der Waals surface area (Å²) in [7, 11) is 1.38. The van der Waals surface area contributed by atoms with Crippen molar-refractivity contribution in [1.82, 2.24) is 0 Å². The second-order valence-corrected chi connectivity index (χ2v) is 4.59. The van der Waals surface area contributed by atoms with E-state index in [0.717, 1.165) is 9.32 Å². The fourth-order valence-corrected chi connectivity index (χ4v) is 1.81. The van der Waals surface area contributed by atoms with E-state index in [1.54, 1.807) is 6.08 Å². The van der Waals surface area contributed by atoms with Gasteiger partial charge in [-0.1, -0.05) is 13.0 Å². The molecule has 92 valence electrons. The molecule has 3 nitrogen and oxygen atoms in total. The van der Waals surface area contributed by atoms with E-state index >= 15 is 0 Å². The smallest absolute Gasteiger partial charge is 0.333 e. The second kappa shape index (κ2) is 7.32. The monoisotopic (exact) mass is 346 g/mol. The molecule has 0 aliphatic rings. The topological polar surface area (TPSA) is 35.5 Å². The van der Waals surface area contributed by atoms with Crippen LogP contribution in [0.25, 0.3) is 0 Å². The van der Waals surface area contributed by atoms with Crippen molar-refractivity contribution in [2.75, 3.05) is 13.7 Å². The summed E-state index contributed by atoms with van der Waals surface area (Å²) in [6.07, 6.45) is 2.40. The number of ether oxygens (including phenoxy) is 2. The number of halogens is 1. The van der Waals surface area contributed by atoms with Gasteiger partial charge in [-0.05, 0) is 53.3 Å². The number of benzene rings is 1. The lowest BCUT2D eigenvalue weighted by molar-refractivity contribution is -0.136. The third kappa shape index (κ3) is 4.77. The van der Waals surface area contributed by atoms with Gasteiger partial charge in [-0.2, -0.15) is 0 Å². The van der Waals surface area contributed by atoms with Crippen LogP contribution in [0.1, 0.15) is 13.3 Å². The molecular weight excluding hydrogens is 331 g/mol. The predicted octanol–water partition coefficient (Wildman–Crippen LogP) is 3.18.